The summed E-state index contributed by atoms with van der Waals surface area (Å²) in [6.07, 6.45) is 3.12. The molecule has 0 saturated carbocycles. The summed E-state index contributed by atoms with van der Waals surface area (Å²) in [4.78, 5) is 23.6. The van der Waals surface area contributed by atoms with Crippen molar-refractivity contribution < 1.29 is 14.7 Å². The molecule has 1 aromatic heterocycles. The predicted molar refractivity (Wildman–Crippen MR) is 103 cm³/mol. The van der Waals surface area contributed by atoms with Crippen LogP contribution in [-0.2, 0) is 16.1 Å². The molecule has 0 saturated heterocycles. The number of anilines is 1. The van der Waals surface area contributed by atoms with E-state index in [1.165, 1.54) is 6.08 Å². The van der Waals surface area contributed by atoms with Gasteiger partial charge < -0.3 is 15.0 Å². The average Bonchev–Trinajstić information content (AvgIpc) is 2.98. The first-order valence-electron chi connectivity index (χ1n) is 8.28. The number of benzene rings is 2. The number of aromatic nitrogens is 1. The zero-order chi connectivity index (χ0) is 19.4. The van der Waals surface area contributed by atoms with Crippen molar-refractivity contribution in [1.82, 2.24) is 4.57 Å². The van der Waals surface area contributed by atoms with Gasteiger partial charge in [0.25, 0.3) is 5.91 Å². The highest BCUT2D eigenvalue weighted by Gasteiger charge is 2.14. The van der Waals surface area contributed by atoms with Crippen LogP contribution >= 0.6 is 0 Å². The first kappa shape index (κ1) is 18.0. The molecule has 1 heterocycles. The lowest BCUT2D eigenvalue weighted by atomic mass is 10.1. The van der Waals surface area contributed by atoms with Crippen LogP contribution in [0.5, 0.6) is 0 Å². The zero-order valence-corrected chi connectivity index (χ0v) is 14.6. The molecule has 0 bridgehead atoms. The van der Waals surface area contributed by atoms with Gasteiger partial charge in [-0.1, -0.05) is 36.4 Å². The Labute approximate surface area is 156 Å². The fourth-order valence-corrected chi connectivity index (χ4v) is 2.87. The second-order valence-electron chi connectivity index (χ2n) is 6.06. The summed E-state index contributed by atoms with van der Waals surface area (Å²) in [5, 5.41) is 22.0. The van der Waals surface area contributed by atoms with Gasteiger partial charge in [0, 0.05) is 28.4 Å². The molecule has 6 heteroatoms. The monoisotopic (exact) mass is 359 g/mol. The number of carboxylic acid groups (broad SMARTS) is 1. The minimum atomic E-state index is -0.968. The van der Waals surface area contributed by atoms with Crippen LogP contribution in [0.3, 0.4) is 0 Å². The lowest BCUT2D eigenvalue weighted by Gasteiger charge is -2.07. The number of para-hydroxylation sites is 2. The maximum atomic E-state index is 12.5. The first-order chi connectivity index (χ1) is 13.0. The molecule has 3 rings (SSSR count). The number of aliphatic carboxylic acids is 1. The van der Waals surface area contributed by atoms with Crippen LogP contribution in [0.25, 0.3) is 17.0 Å². The van der Waals surface area contributed by atoms with Crippen LogP contribution in [0.2, 0.25) is 0 Å². The van der Waals surface area contributed by atoms with E-state index in [0.29, 0.717) is 11.3 Å². The summed E-state index contributed by atoms with van der Waals surface area (Å²) >= 11 is 0. The summed E-state index contributed by atoms with van der Waals surface area (Å²) in [5.41, 5.74) is 2.81. The van der Waals surface area contributed by atoms with E-state index in [9.17, 15) is 14.9 Å². The van der Waals surface area contributed by atoms with E-state index in [0.717, 1.165) is 16.5 Å². The maximum absolute atomic E-state index is 12.5. The molecule has 0 fully saturated rings. The molecule has 2 N–H and O–H groups in total. The number of nitrogens with one attached hydrogen (secondary N) is 1. The van der Waals surface area contributed by atoms with E-state index in [-0.39, 0.29) is 12.1 Å². The van der Waals surface area contributed by atoms with Gasteiger partial charge in [0.1, 0.15) is 18.2 Å². The molecule has 1 amide bonds. The summed E-state index contributed by atoms with van der Waals surface area (Å²) < 4.78 is 1.58. The third kappa shape index (κ3) is 3.88. The third-order valence-corrected chi connectivity index (χ3v) is 4.18. The number of carboxylic acids is 1. The molecule has 0 spiro atoms. The highest BCUT2D eigenvalue weighted by atomic mass is 16.4. The quantitative estimate of drug-likeness (QED) is 0.538. The number of amides is 1. The number of rotatable bonds is 5. The van der Waals surface area contributed by atoms with Crippen LogP contribution < -0.4 is 5.32 Å². The SMILES string of the molecule is Cc1ccccc1NC(=O)C(C#N)=Cc1cn(CC(=O)O)c2ccccc12. The lowest BCUT2D eigenvalue weighted by Crippen LogP contribution is -2.14. The molecule has 0 unspecified atom stereocenters. The highest BCUT2D eigenvalue weighted by Crippen LogP contribution is 2.24. The van der Waals surface area contributed by atoms with E-state index < -0.39 is 11.9 Å². The summed E-state index contributed by atoms with van der Waals surface area (Å²) in [6, 6.07) is 16.5. The molecule has 0 aliphatic heterocycles. The Balaban J connectivity index is 1.98. The van der Waals surface area contributed by atoms with E-state index >= 15 is 0 Å². The summed E-state index contributed by atoms with van der Waals surface area (Å²) in [5.74, 6) is -1.48. The van der Waals surface area contributed by atoms with Crippen LogP contribution in [-0.4, -0.2) is 21.6 Å². The zero-order valence-electron chi connectivity index (χ0n) is 14.6. The molecule has 0 aliphatic rings. The lowest BCUT2D eigenvalue weighted by molar-refractivity contribution is -0.137. The smallest absolute Gasteiger partial charge is 0.323 e. The molecule has 0 aliphatic carbocycles. The van der Waals surface area contributed by atoms with E-state index in [2.05, 4.69) is 5.32 Å². The highest BCUT2D eigenvalue weighted by molar-refractivity contribution is 6.11. The van der Waals surface area contributed by atoms with Crippen LogP contribution in [0.1, 0.15) is 11.1 Å². The number of nitrogens with zero attached hydrogens (tertiary/aromatic N) is 2. The van der Waals surface area contributed by atoms with Gasteiger partial charge in [0.2, 0.25) is 0 Å². The molecule has 0 radical (unpaired) electrons. The van der Waals surface area contributed by atoms with E-state index in [4.69, 9.17) is 5.11 Å². The van der Waals surface area contributed by atoms with Gasteiger partial charge in [-0.25, -0.2) is 0 Å². The second kappa shape index (κ2) is 7.58. The Hall–Kier alpha value is -3.85. The second-order valence-corrected chi connectivity index (χ2v) is 6.06. The number of fused-ring (bicyclic) bond motifs is 1. The van der Waals surface area contributed by atoms with Crippen LogP contribution in [0.15, 0.2) is 60.3 Å². The van der Waals surface area contributed by atoms with Crippen molar-refractivity contribution in [1.29, 1.82) is 5.26 Å². The fraction of sp³-hybridized carbons (Fsp3) is 0.0952. The number of hydrogen-bond acceptors (Lipinski definition) is 3. The number of hydrogen-bond donors (Lipinski definition) is 2. The van der Waals surface area contributed by atoms with Gasteiger partial charge in [-0.05, 0) is 30.7 Å². The Morgan fingerprint density at radius 3 is 2.59 bits per heavy atom. The molecule has 134 valence electrons. The molecule has 6 nitrogen and oxygen atoms in total. The topological polar surface area (TPSA) is 95.1 Å². The van der Waals surface area contributed by atoms with Crippen molar-refractivity contribution in [2.24, 2.45) is 0 Å². The maximum Gasteiger partial charge on any atom is 0.323 e. The van der Waals surface area contributed by atoms with E-state index in [1.54, 1.807) is 29.0 Å². The molecule has 27 heavy (non-hydrogen) atoms. The Morgan fingerprint density at radius 2 is 1.89 bits per heavy atom. The molecule has 2 aromatic carbocycles. The van der Waals surface area contributed by atoms with Crippen molar-refractivity contribution in [3.05, 3.63) is 71.4 Å². The molecule has 3 aromatic rings. The minimum absolute atomic E-state index is 0.0588. The van der Waals surface area contributed by atoms with Crippen molar-refractivity contribution in [3.63, 3.8) is 0 Å². The van der Waals surface area contributed by atoms with Gasteiger partial charge in [0.05, 0.1) is 0 Å². The predicted octanol–water partition coefficient (Wildman–Crippen LogP) is 3.58. The van der Waals surface area contributed by atoms with Gasteiger partial charge >= 0.3 is 5.97 Å². The van der Waals surface area contributed by atoms with Gasteiger partial charge in [-0.15, -0.1) is 0 Å². The molecule has 0 atom stereocenters. The number of aryl methyl sites for hydroxylation is 1. The third-order valence-electron chi connectivity index (χ3n) is 4.18. The normalized spacial score (nSPS) is 11.2. The first-order valence-corrected chi connectivity index (χ1v) is 8.28. The summed E-state index contributed by atoms with van der Waals surface area (Å²) in [7, 11) is 0. The van der Waals surface area contributed by atoms with Crippen LogP contribution in [0, 0.1) is 18.3 Å². The van der Waals surface area contributed by atoms with Crippen molar-refractivity contribution >= 4 is 34.5 Å². The average molecular weight is 359 g/mol. The number of carbonyl (C=O) groups excluding carboxylic acids is 1. The Bertz CT molecular complexity index is 1100. The number of carbonyl (C=O) groups is 2. The standard InChI is InChI=1S/C21H17N3O3/c1-14-6-2-4-8-18(14)23-21(27)15(11-22)10-16-12-24(13-20(25)26)19-9-5-3-7-17(16)19/h2-10,12H,13H2,1H3,(H,23,27)(H,25,26). The van der Waals surface area contributed by atoms with Gasteiger partial charge in [-0.3, -0.25) is 9.59 Å². The Kier molecular flexibility index (Phi) is 5.04. The summed E-state index contributed by atoms with van der Waals surface area (Å²) in [6.45, 7) is 1.66. The van der Waals surface area contributed by atoms with Crippen LogP contribution in [0.4, 0.5) is 5.69 Å². The fourth-order valence-electron chi connectivity index (χ4n) is 2.87. The van der Waals surface area contributed by atoms with Gasteiger partial charge in [-0.2, -0.15) is 5.26 Å². The van der Waals surface area contributed by atoms with Crippen molar-refractivity contribution in [3.8, 4) is 6.07 Å². The minimum Gasteiger partial charge on any atom is -0.480 e. The number of nitriles is 1. The van der Waals surface area contributed by atoms with E-state index in [1.807, 2.05) is 43.3 Å². The van der Waals surface area contributed by atoms with Crippen molar-refractivity contribution in [2.75, 3.05) is 5.32 Å². The largest absolute Gasteiger partial charge is 0.480 e. The molecular weight excluding hydrogens is 342 g/mol. The molecular formula is C21H17N3O3. The van der Waals surface area contributed by atoms with Crippen molar-refractivity contribution in [2.45, 2.75) is 13.5 Å². The Morgan fingerprint density at radius 1 is 1.19 bits per heavy atom. The van der Waals surface area contributed by atoms with Gasteiger partial charge in [0.15, 0.2) is 0 Å².